The highest BCUT2D eigenvalue weighted by Gasteiger charge is 2.21. The summed E-state index contributed by atoms with van der Waals surface area (Å²) in [6, 6.07) is 17.5. The zero-order chi connectivity index (χ0) is 17.8. The summed E-state index contributed by atoms with van der Waals surface area (Å²) >= 11 is 0. The summed E-state index contributed by atoms with van der Waals surface area (Å²) in [5, 5.41) is 8.13. The molecule has 0 amide bonds. The smallest absolute Gasteiger partial charge is 0.128 e. The van der Waals surface area contributed by atoms with Crippen LogP contribution in [0.15, 0.2) is 67.1 Å². The van der Waals surface area contributed by atoms with E-state index in [2.05, 4.69) is 63.6 Å². The Bertz CT molecular complexity index is 807. The highest BCUT2D eigenvalue weighted by molar-refractivity contribution is 5.38. The lowest BCUT2D eigenvalue weighted by atomic mass is 10.0. The van der Waals surface area contributed by atoms with E-state index in [-0.39, 0.29) is 0 Å². The second-order valence-corrected chi connectivity index (χ2v) is 6.88. The van der Waals surface area contributed by atoms with Crippen molar-refractivity contribution in [3.8, 4) is 5.69 Å². The van der Waals surface area contributed by atoms with Crippen LogP contribution in [0, 0.1) is 0 Å². The maximum absolute atomic E-state index is 4.47. The van der Waals surface area contributed by atoms with Crippen molar-refractivity contribution >= 4 is 5.82 Å². The third-order valence-corrected chi connectivity index (χ3v) is 5.09. The fourth-order valence-corrected chi connectivity index (χ4v) is 3.62. The third kappa shape index (κ3) is 3.78. The van der Waals surface area contributed by atoms with Crippen LogP contribution < -0.4 is 10.2 Å². The van der Waals surface area contributed by atoms with E-state index in [4.69, 9.17) is 0 Å². The minimum atomic E-state index is 0.317. The van der Waals surface area contributed by atoms with Gasteiger partial charge in [0.25, 0.3) is 0 Å². The summed E-state index contributed by atoms with van der Waals surface area (Å²) in [5.41, 5.74) is 2.40. The first-order valence-electron chi connectivity index (χ1n) is 9.31. The number of piperidine rings is 1. The molecule has 0 aliphatic carbocycles. The third-order valence-electron chi connectivity index (χ3n) is 5.09. The van der Waals surface area contributed by atoms with E-state index < -0.39 is 0 Å². The Hall–Kier alpha value is -2.66. The molecule has 134 valence electrons. The SMILES string of the molecule is CC(NC1CCN(c2ccccn2)CC1)c1cccc(-n2cccn2)c1. The number of anilines is 1. The predicted octanol–water partition coefficient (Wildman–Crippen LogP) is 3.59. The molecule has 3 aromatic rings. The van der Waals surface area contributed by atoms with Crippen molar-refractivity contribution in [2.75, 3.05) is 18.0 Å². The van der Waals surface area contributed by atoms with Crippen molar-refractivity contribution in [1.82, 2.24) is 20.1 Å². The molecule has 1 atom stereocenters. The Morgan fingerprint density at radius 3 is 2.65 bits per heavy atom. The first kappa shape index (κ1) is 16.8. The molecule has 4 rings (SSSR count). The van der Waals surface area contributed by atoms with E-state index in [9.17, 15) is 0 Å². The monoisotopic (exact) mass is 347 g/mol. The number of aromatic nitrogens is 3. The molecule has 1 fully saturated rings. The standard InChI is InChI=1S/C21H25N5/c1-17(18-6-4-7-20(16-18)26-13-5-12-23-26)24-19-9-14-25(15-10-19)21-8-2-3-11-22-21/h2-8,11-13,16-17,19,24H,9-10,14-15H2,1H3. The van der Waals surface area contributed by atoms with Crippen LogP contribution in [-0.2, 0) is 0 Å². The van der Waals surface area contributed by atoms with E-state index in [1.807, 2.05) is 35.4 Å². The van der Waals surface area contributed by atoms with Crippen LogP contribution in [0.25, 0.3) is 5.69 Å². The van der Waals surface area contributed by atoms with Gasteiger partial charge in [0.1, 0.15) is 5.82 Å². The molecule has 1 N–H and O–H groups in total. The van der Waals surface area contributed by atoms with Crippen LogP contribution in [0.1, 0.15) is 31.4 Å². The van der Waals surface area contributed by atoms with Gasteiger partial charge in [-0.2, -0.15) is 5.10 Å². The quantitative estimate of drug-likeness (QED) is 0.766. The van der Waals surface area contributed by atoms with Crippen LogP contribution in [0.5, 0.6) is 0 Å². The van der Waals surface area contributed by atoms with Crippen molar-refractivity contribution in [2.45, 2.75) is 31.8 Å². The molecule has 1 saturated heterocycles. The van der Waals surface area contributed by atoms with Gasteiger partial charge in [0, 0.05) is 43.8 Å². The van der Waals surface area contributed by atoms with Crippen molar-refractivity contribution in [1.29, 1.82) is 0 Å². The Kier molecular flexibility index (Phi) is 4.97. The number of pyridine rings is 1. The molecule has 0 spiro atoms. The fourth-order valence-electron chi connectivity index (χ4n) is 3.62. The predicted molar refractivity (Wildman–Crippen MR) is 105 cm³/mol. The minimum absolute atomic E-state index is 0.317. The second-order valence-electron chi connectivity index (χ2n) is 6.88. The summed E-state index contributed by atoms with van der Waals surface area (Å²) in [5.74, 6) is 1.09. The van der Waals surface area contributed by atoms with Crippen LogP contribution in [-0.4, -0.2) is 33.9 Å². The van der Waals surface area contributed by atoms with Gasteiger partial charge in [-0.3, -0.25) is 0 Å². The van der Waals surface area contributed by atoms with Gasteiger partial charge in [0.05, 0.1) is 5.69 Å². The average molecular weight is 347 g/mol. The number of rotatable bonds is 5. The summed E-state index contributed by atoms with van der Waals surface area (Å²) in [6.45, 7) is 4.34. The molecule has 5 nitrogen and oxygen atoms in total. The van der Waals surface area contributed by atoms with Crippen LogP contribution in [0.2, 0.25) is 0 Å². The normalized spacial score (nSPS) is 16.6. The Morgan fingerprint density at radius 2 is 1.92 bits per heavy atom. The maximum atomic E-state index is 4.47. The number of hydrogen-bond donors (Lipinski definition) is 1. The highest BCUT2D eigenvalue weighted by Crippen LogP contribution is 2.21. The highest BCUT2D eigenvalue weighted by atomic mass is 15.3. The maximum Gasteiger partial charge on any atom is 0.128 e. The van der Waals surface area contributed by atoms with Crippen molar-refractivity contribution < 1.29 is 0 Å². The van der Waals surface area contributed by atoms with Gasteiger partial charge in [-0.1, -0.05) is 18.2 Å². The van der Waals surface area contributed by atoms with E-state index in [1.165, 1.54) is 5.56 Å². The Labute approximate surface area is 154 Å². The van der Waals surface area contributed by atoms with Crippen LogP contribution >= 0.6 is 0 Å². The van der Waals surface area contributed by atoms with Gasteiger partial charge in [0.15, 0.2) is 0 Å². The molecule has 2 aromatic heterocycles. The lowest BCUT2D eigenvalue weighted by Gasteiger charge is -2.34. The number of nitrogens with zero attached hydrogens (tertiary/aromatic N) is 4. The van der Waals surface area contributed by atoms with Crippen molar-refractivity contribution in [3.05, 3.63) is 72.7 Å². The Morgan fingerprint density at radius 1 is 1.04 bits per heavy atom. The zero-order valence-corrected chi connectivity index (χ0v) is 15.1. The zero-order valence-electron chi connectivity index (χ0n) is 15.1. The van der Waals surface area contributed by atoms with Gasteiger partial charge >= 0.3 is 0 Å². The molecule has 1 aromatic carbocycles. The first-order valence-corrected chi connectivity index (χ1v) is 9.31. The van der Waals surface area contributed by atoms with Crippen LogP contribution in [0.4, 0.5) is 5.82 Å². The van der Waals surface area contributed by atoms with Crippen molar-refractivity contribution in [2.24, 2.45) is 0 Å². The van der Waals surface area contributed by atoms with E-state index in [0.29, 0.717) is 12.1 Å². The van der Waals surface area contributed by atoms with E-state index in [1.54, 1.807) is 0 Å². The van der Waals surface area contributed by atoms with Gasteiger partial charge < -0.3 is 10.2 Å². The molecule has 0 radical (unpaired) electrons. The summed E-state index contributed by atoms with van der Waals surface area (Å²) in [6.07, 6.45) is 7.93. The molecular formula is C21H25N5. The molecule has 1 unspecified atom stereocenters. The van der Waals surface area contributed by atoms with Gasteiger partial charge in [-0.15, -0.1) is 0 Å². The molecule has 0 saturated carbocycles. The van der Waals surface area contributed by atoms with E-state index in [0.717, 1.165) is 37.4 Å². The molecule has 1 aliphatic rings. The molecule has 0 bridgehead atoms. The largest absolute Gasteiger partial charge is 0.357 e. The van der Waals surface area contributed by atoms with Gasteiger partial charge in [-0.05, 0) is 55.7 Å². The summed E-state index contributed by atoms with van der Waals surface area (Å²) in [4.78, 5) is 6.84. The molecule has 5 heteroatoms. The van der Waals surface area contributed by atoms with Crippen molar-refractivity contribution in [3.63, 3.8) is 0 Å². The van der Waals surface area contributed by atoms with Gasteiger partial charge in [-0.25, -0.2) is 9.67 Å². The topological polar surface area (TPSA) is 46.0 Å². The fraction of sp³-hybridized carbons (Fsp3) is 0.333. The minimum Gasteiger partial charge on any atom is -0.357 e. The number of benzene rings is 1. The number of hydrogen-bond acceptors (Lipinski definition) is 4. The van der Waals surface area contributed by atoms with E-state index >= 15 is 0 Å². The number of nitrogens with one attached hydrogen (secondary N) is 1. The molecule has 1 aliphatic heterocycles. The lowest BCUT2D eigenvalue weighted by molar-refractivity contribution is 0.380. The van der Waals surface area contributed by atoms with Gasteiger partial charge in [0.2, 0.25) is 0 Å². The summed E-state index contributed by atoms with van der Waals surface area (Å²) in [7, 11) is 0. The Balaban J connectivity index is 1.36. The second kappa shape index (κ2) is 7.70. The molecule has 26 heavy (non-hydrogen) atoms. The molecular weight excluding hydrogens is 322 g/mol. The molecule has 3 heterocycles. The lowest BCUT2D eigenvalue weighted by Crippen LogP contribution is -2.43. The van der Waals surface area contributed by atoms with Crippen LogP contribution in [0.3, 0.4) is 0 Å². The first-order chi connectivity index (χ1) is 12.8. The average Bonchev–Trinajstić information content (AvgIpc) is 3.24. The summed E-state index contributed by atoms with van der Waals surface area (Å²) < 4.78 is 1.90.